The lowest BCUT2D eigenvalue weighted by atomic mass is 10.1. The molecular weight excluding hydrogens is 212 g/mol. The lowest BCUT2D eigenvalue weighted by molar-refractivity contribution is 0.229. The fourth-order valence-electron chi connectivity index (χ4n) is 2.48. The molecule has 3 heteroatoms. The minimum Gasteiger partial charge on any atom is -0.469 e. The zero-order chi connectivity index (χ0) is 11.9. The van der Waals surface area contributed by atoms with E-state index in [1.165, 1.54) is 44.5 Å². The van der Waals surface area contributed by atoms with Crippen LogP contribution in [0.2, 0.25) is 0 Å². The van der Waals surface area contributed by atoms with Crippen LogP contribution in [0.1, 0.15) is 37.5 Å². The topological polar surface area (TPSA) is 28.4 Å². The maximum atomic E-state index is 5.41. The molecule has 0 radical (unpaired) electrons. The van der Waals surface area contributed by atoms with E-state index in [4.69, 9.17) is 4.42 Å². The Bertz CT molecular complexity index is 316. The molecule has 1 N–H and O–H groups in total. The lowest BCUT2D eigenvalue weighted by Crippen LogP contribution is -2.35. The quantitative estimate of drug-likeness (QED) is 0.769. The number of piperidine rings is 1. The molecule has 0 aromatic carbocycles. The number of furan rings is 1. The van der Waals surface area contributed by atoms with Gasteiger partial charge >= 0.3 is 0 Å². The van der Waals surface area contributed by atoms with Crippen LogP contribution in [0.15, 0.2) is 16.7 Å². The molecule has 17 heavy (non-hydrogen) atoms. The molecule has 3 nitrogen and oxygen atoms in total. The van der Waals surface area contributed by atoms with Crippen LogP contribution in [0.25, 0.3) is 0 Å². The van der Waals surface area contributed by atoms with Gasteiger partial charge in [0.2, 0.25) is 0 Å². The van der Waals surface area contributed by atoms with E-state index in [-0.39, 0.29) is 0 Å². The second-order valence-corrected chi connectivity index (χ2v) is 4.80. The molecule has 1 aliphatic rings. The van der Waals surface area contributed by atoms with Gasteiger partial charge in [-0.3, -0.25) is 0 Å². The van der Waals surface area contributed by atoms with Crippen LogP contribution in [0.5, 0.6) is 0 Å². The average molecular weight is 236 g/mol. The van der Waals surface area contributed by atoms with E-state index in [1.807, 2.05) is 0 Å². The summed E-state index contributed by atoms with van der Waals surface area (Å²) in [6.45, 7) is 7.90. The summed E-state index contributed by atoms with van der Waals surface area (Å²) in [4.78, 5) is 2.56. The Kier molecular flexibility index (Phi) is 5.08. The van der Waals surface area contributed by atoms with Gasteiger partial charge < -0.3 is 14.6 Å². The molecule has 0 unspecified atom stereocenters. The highest BCUT2D eigenvalue weighted by molar-refractivity contribution is 5.16. The van der Waals surface area contributed by atoms with Crippen molar-refractivity contribution in [2.75, 3.05) is 26.2 Å². The van der Waals surface area contributed by atoms with E-state index in [9.17, 15) is 0 Å². The van der Waals surface area contributed by atoms with Gasteiger partial charge in [-0.1, -0.05) is 13.3 Å². The first kappa shape index (κ1) is 12.7. The predicted molar refractivity (Wildman–Crippen MR) is 70.1 cm³/mol. The molecule has 0 amide bonds. The highest BCUT2D eigenvalue weighted by atomic mass is 16.3. The molecule has 0 atom stereocenters. The SMILES string of the molecule is CCc1occc1CNCCN1CCCCC1. The van der Waals surface area contributed by atoms with E-state index < -0.39 is 0 Å². The number of rotatable bonds is 6. The Morgan fingerprint density at radius 2 is 2.12 bits per heavy atom. The monoisotopic (exact) mass is 236 g/mol. The van der Waals surface area contributed by atoms with Crippen LogP contribution in [-0.2, 0) is 13.0 Å². The van der Waals surface area contributed by atoms with Gasteiger partial charge in [0.1, 0.15) is 5.76 Å². The van der Waals surface area contributed by atoms with Gasteiger partial charge in [-0.15, -0.1) is 0 Å². The summed E-state index contributed by atoms with van der Waals surface area (Å²) in [6.07, 6.45) is 6.94. The van der Waals surface area contributed by atoms with Gasteiger partial charge in [0.05, 0.1) is 6.26 Å². The van der Waals surface area contributed by atoms with Crippen molar-refractivity contribution < 1.29 is 4.42 Å². The normalized spacial score (nSPS) is 17.5. The lowest BCUT2D eigenvalue weighted by Gasteiger charge is -2.26. The maximum absolute atomic E-state index is 5.41. The zero-order valence-corrected chi connectivity index (χ0v) is 10.9. The number of nitrogens with zero attached hydrogens (tertiary/aromatic N) is 1. The summed E-state index contributed by atoms with van der Waals surface area (Å²) in [5.41, 5.74) is 1.31. The number of hydrogen-bond acceptors (Lipinski definition) is 3. The minimum atomic E-state index is 0.938. The van der Waals surface area contributed by atoms with E-state index in [0.29, 0.717) is 0 Å². The van der Waals surface area contributed by atoms with Crippen LogP contribution in [0.4, 0.5) is 0 Å². The third-order valence-corrected chi connectivity index (χ3v) is 3.53. The number of hydrogen-bond donors (Lipinski definition) is 1. The largest absolute Gasteiger partial charge is 0.469 e. The molecule has 1 saturated heterocycles. The van der Waals surface area contributed by atoms with Crippen molar-refractivity contribution in [1.82, 2.24) is 10.2 Å². The molecule has 0 saturated carbocycles. The van der Waals surface area contributed by atoms with Crippen molar-refractivity contribution in [3.05, 3.63) is 23.7 Å². The summed E-state index contributed by atoms with van der Waals surface area (Å²) < 4.78 is 5.41. The van der Waals surface area contributed by atoms with Crippen molar-refractivity contribution in [3.63, 3.8) is 0 Å². The van der Waals surface area contributed by atoms with Gasteiger partial charge in [0, 0.05) is 31.6 Å². The molecule has 1 aliphatic heterocycles. The van der Waals surface area contributed by atoms with Gasteiger partial charge in [-0.2, -0.15) is 0 Å². The van der Waals surface area contributed by atoms with Crippen molar-refractivity contribution >= 4 is 0 Å². The van der Waals surface area contributed by atoms with Crippen LogP contribution < -0.4 is 5.32 Å². The van der Waals surface area contributed by atoms with Crippen molar-refractivity contribution in [1.29, 1.82) is 0 Å². The Labute approximate surface area is 104 Å². The molecule has 0 bridgehead atoms. The van der Waals surface area contributed by atoms with Gasteiger partial charge in [0.25, 0.3) is 0 Å². The van der Waals surface area contributed by atoms with E-state index in [0.717, 1.165) is 25.3 Å². The molecule has 1 aromatic heterocycles. The molecule has 2 rings (SSSR count). The van der Waals surface area contributed by atoms with Gasteiger partial charge in [-0.05, 0) is 32.0 Å². The van der Waals surface area contributed by atoms with Gasteiger partial charge in [0.15, 0.2) is 0 Å². The Morgan fingerprint density at radius 1 is 1.29 bits per heavy atom. The summed E-state index contributed by atoms with van der Waals surface area (Å²) in [5.74, 6) is 1.12. The summed E-state index contributed by atoms with van der Waals surface area (Å²) >= 11 is 0. The number of nitrogens with one attached hydrogen (secondary N) is 1. The molecular formula is C14H24N2O. The highest BCUT2D eigenvalue weighted by Gasteiger charge is 2.09. The number of likely N-dealkylation sites (tertiary alicyclic amines) is 1. The summed E-state index contributed by atoms with van der Waals surface area (Å²) in [6, 6.07) is 2.08. The predicted octanol–water partition coefficient (Wildman–Crippen LogP) is 2.42. The molecule has 1 fully saturated rings. The van der Waals surface area contributed by atoms with Crippen molar-refractivity contribution in [3.8, 4) is 0 Å². The summed E-state index contributed by atoms with van der Waals surface area (Å²) in [7, 11) is 0. The second kappa shape index (κ2) is 6.82. The Balaban J connectivity index is 1.62. The fourth-order valence-corrected chi connectivity index (χ4v) is 2.48. The van der Waals surface area contributed by atoms with Crippen molar-refractivity contribution in [2.45, 2.75) is 39.2 Å². The molecule has 2 heterocycles. The second-order valence-electron chi connectivity index (χ2n) is 4.80. The molecule has 1 aromatic rings. The number of aryl methyl sites for hydroxylation is 1. The molecule has 96 valence electrons. The van der Waals surface area contributed by atoms with E-state index >= 15 is 0 Å². The Hall–Kier alpha value is -0.800. The van der Waals surface area contributed by atoms with Gasteiger partial charge in [-0.25, -0.2) is 0 Å². The zero-order valence-electron chi connectivity index (χ0n) is 10.9. The molecule has 0 aliphatic carbocycles. The fraction of sp³-hybridized carbons (Fsp3) is 0.714. The first-order valence-electron chi connectivity index (χ1n) is 6.88. The first-order valence-corrected chi connectivity index (χ1v) is 6.88. The highest BCUT2D eigenvalue weighted by Crippen LogP contribution is 2.10. The minimum absolute atomic E-state index is 0.938. The summed E-state index contributed by atoms with van der Waals surface area (Å²) in [5, 5.41) is 3.51. The van der Waals surface area contributed by atoms with Crippen LogP contribution >= 0.6 is 0 Å². The van der Waals surface area contributed by atoms with E-state index in [2.05, 4.69) is 23.2 Å². The smallest absolute Gasteiger partial charge is 0.107 e. The third-order valence-electron chi connectivity index (χ3n) is 3.53. The standard InChI is InChI=1S/C14H24N2O/c1-2-14-13(6-11-17-14)12-15-7-10-16-8-4-3-5-9-16/h6,11,15H,2-5,7-10,12H2,1H3. The van der Waals surface area contributed by atoms with E-state index in [1.54, 1.807) is 6.26 Å². The third kappa shape index (κ3) is 3.86. The van der Waals surface area contributed by atoms with Crippen molar-refractivity contribution in [2.24, 2.45) is 0 Å². The average Bonchev–Trinajstić information content (AvgIpc) is 2.83. The Morgan fingerprint density at radius 3 is 2.88 bits per heavy atom. The van der Waals surface area contributed by atoms with Crippen LogP contribution in [0, 0.1) is 0 Å². The van der Waals surface area contributed by atoms with Crippen LogP contribution in [-0.4, -0.2) is 31.1 Å². The first-order chi connectivity index (χ1) is 8.40. The molecule has 0 spiro atoms. The maximum Gasteiger partial charge on any atom is 0.107 e. The van der Waals surface area contributed by atoms with Crippen LogP contribution in [0.3, 0.4) is 0 Å².